The van der Waals surface area contributed by atoms with Crippen LogP contribution in [0.25, 0.3) is 0 Å². The number of phenols is 1. The minimum Gasteiger partial charge on any atom is -0.506 e. The average Bonchev–Trinajstić information content (AvgIpc) is 2.50. The van der Waals surface area contributed by atoms with E-state index >= 15 is 0 Å². The van der Waals surface area contributed by atoms with Gasteiger partial charge < -0.3 is 5.11 Å². The summed E-state index contributed by atoms with van der Waals surface area (Å²) in [5, 5.41) is 10.4. The molecule has 0 amide bonds. The Balaban J connectivity index is 2.35. The third-order valence-corrected chi connectivity index (χ3v) is 5.74. The van der Waals surface area contributed by atoms with E-state index in [1.165, 1.54) is 51.4 Å². The summed E-state index contributed by atoms with van der Waals surface area (Å²) < 4.78 is 0. The lowest BCUT2D eigenvalue weighted by molar-refractivity contribution is 0.449. The average molecular weight is 327 g/mol. The van der Waals surface area contributed by atoms with Crippen LogP contribution in [-0.2, 0) is 0 Å². The van der Waals surface area contributed by atoms with Gasteiger partial charge in [0.05, 0.1) is 9.79 Å². The SMILES string of the molecule is CCCCCCSc1cccc(SCCCCCC)c1O. The zero-order valence-electron chi connectivity index (χ0n) is 13.6. The van der Waals surface area contributed by atoms with Crippen LogP contribution in [0.1, 0.15) is 65.2 Å². The molecule has 0 aliphatic carbocycles. The monoisotopic (exact) mass is 326 g/mol. The summed E-state index contributed by atoms with van der Waals surface area (Å²) in [4.78, 5) is 2.09. The zero-order chi connectivity index (χ0) is 15.3. The molecule has 0 heterocycles. The summed E-state index contributed by atoms with van der Waals surface area (Å²) in [5.74, 6) is 2.72. The number of aromatic hydroxyl groups is 1. The molecular weight excluding hydrogens is 296 g/mol. The van der Waals surface area contributed by atoms with Crippen molar-refractivity contribution in [2.45, 2.75) is 75.0 Å². The van der Waals surface area contributed by atoms with E-state index in [0.717, 1.165) is 21.3 Å². The largest absolute Gasteiger partial charge is 0.506 e. The Morgan fingerprint density at radius 1 is 0.762 bits per heavy atom. The van der Waals surface area contributed by atoms with E-state index in [2.05, 4.69) is 19.9 Å². The lowest BCUT2D eigenvalue weighted by Gasteiger charge is -2.09. The minimum atomic E-state index is 0.499. The van der Waals surface area contributed by atoms with E-state index in [1.807, 2.05) is 12.1 Å². The van der Waals surface area contributed by atoms with Gasteiger partial charge in [0.2, 0.25) is 0 Å². The van der Waals surface area contributed by atoms with Crippen LogP contribution in [0.3, 0.4) is 0 Å². The molecule has 1 aromatic rings. The molecule has 0 saturated heterocycles. The second kappa shape index (κ2) is 12.3. The Kier molecular flexibility index (Phi) is 11.0. The van der Waals surface area contributed by atoms with Crippen molar-refractivity contribution >= 4 is 23.5 Å². The molecule has 0 spiro atoms. The van der Waals surface area contributed by atoms with Crippen molar-refractivity contribution in [3.63, 3.8) is 0 Å². The number of para-hydroxylation sites is 1. The molecular formula is C18H30OS2. The molecule has 0 aliphatic heterocycles. The van der Waals surface area contributed by atoms with Crippen molar-refractivity contribution in [1.29, 1.82) is 0 Å². The normalized spacial score (nSPS) is 11.0. The first-order valence-electron chi connectivity index (χ1n) is 8.37. The topological polar surface area (TPSA) is 20.2 Å². The molecule has 21 heavy (non-hydrogen) atoms. The van der Waals surface area contributed by atoms with Gasteiger partial charge in [-0.3, -0.25) is 0 Å². The highest BCUT2D eigenvalue weighted by Gasteiger charge is 2.07. The molecule has 0 aromatic heterocycles. The number of rotatable bonds is 12. The van der Waals surface area contributed by atoms with Gasteiger partial charge in [-0.25, -0.2) is 0 Å². The smallest absolute Gasteiger partial charge is 0.142 e. The highest BCUT2D eigenvalue weighted by atomic mass is 32.2. The summed E-state index contributed by atoms with van der Waals surface area (Å²) >= 11 is 3.59. The number of thioether (sulfide) groups is 2. The molecule has 0 fully saturated rings. The molecule has 0 unspecified atom stereocenters. The predicted octanol–water partition coefficient (Wildman–Crippen LogP) is 6.74. The van der Waals surface area contributed by atoms with Gasteiger partial charge in [0, 0.05) is 0 Å². The molecule has 1 N–H and O–H groups in total. The van der Waals surface area contributed by atoms with Gasteiger partial charge in [-0.05, 0) is 36.5 Å². The standard InChI is InChI=1S/C18H30OS2/c1-3-5-7-9-14-20-16-12-11-13-17(18(16)19)21-15-10-8-6-4-2/h11-13,19H,3-10,14-15H2,1-2H3. The Labute approximate surface area is 139 Å². The Morgan fingerprint density at radius 3 is 1.67 bits per heavy atom. The molecule has 0 bridgehead atoms. The van der Waals surface area contributed by atoms with E-state index in [9.17, 15) is 5.11 Å². The van der Waals surface area contributed by atoms with Crippen molar-refractivity contribution < 1.29 is 5.11 Å². The van der Waals surface area contributed by atoms with Crippen LogP contribution in [0.15, 0.2) is 28.0 Å². The highest BCUT2D eigenvalue weighted by molar-refractivity contribution is 8.00. The molecule has 0 aliphatic rings. The highest BCUT2D eigenvalue weighted by Crippen LogP contribution is 2.37. The van der Waals surface area contributed by atoms with Crippen LogP contribution in [0, 0.1) is 0 Å². The summed E-state index contributed by atoms with van der Waals surface area (Å²) in [5.41, 5.74) is 0. The summed E-state index contributed by atoms with van der Waals surface area (Å²) in [7, 11) is 0. The maximum atomic E-state index is 10.4. The number of phenolic OH excluding ortho intramolecular Hbond substituents is 1. The van der Waals surface area contributed by atoms with E-state index < -0.39 is 0 Å². The van der Waals surface area contributed by atoms with Gasteiger partial charge in [-0.15, -0.1) is 23.5 Å². The van der Waals surface area contributed by atoms with Crippen molar-refractivity contribution in [2.75, 3.05) is 11.5 Å². The maximum Gasteiger partial charge on any atom is 0.142 e. The fourth-order valence-electron chi connectivity index (χ4n) is 2.16. The van der Waals surface area contributed by atoms with Crippen molar-refractivity contribution in [3.8, 4) is 5.75 Å². The molecule has 1 nitrogen and oxygen atoms in total. The third kappa shape index (κ3) is 8.06. The van der Waals surface area contributed by atoms with Crippen molar-refractivity contribution in [2.24, 2.45) is 0 Å². The van der Waals surface area contributed by atoms with E-state index in [1.54, 1.807) is 23.5 Å². The van der Waals surface area contributed by atoms with Gasteiger partial charge in [0.1, 0.15) is 5.75 Å². The first kappa shape index (κ1) is 18.8. The maximum absolute atomic E-state index is 10.4. The summed E-state index contributed by atoms with van der Waals surface area (Å²) in [6.07, 6.45) is 10.3. The van der Waals surface area contributed by atoms with Crippen molar-refractivity contribution in [3.05, 3.63) is 18.2 Å². The quantitative estimate of drug-likeness (QED) is 0.339. The van der Waals surface area contributed by atoms with Crippen molar-refractivity contribution in [1.82, 2.24) is 0 Å². The number of unbranched alkanes of at least 4 members (excludes halogenated alkanes) is 6. The van der Waals surface area contributed by atoms with Crippen LogP contribution in [-0.4, -0.2) is 16.6 Å². The molecule has 0 radical (unpaired) electrons. The Morgan fingerprint density at radius 2 is 1.24 bits per heavy atom. The van der Waals surface area contributed by atoms with Crippen LogP contribution < -0.4 is 0 Å². The minimum absolute atomic E-state index is 0.499. The van der Waals surface area contributed by atoms with Gasteiger partial charge in [-0.1, -0.05) is 58.4 Å². The fourth-order valence-corrected chi connectivity index (χ4v) is 4.20. The van der Waals surface area contributed by atoms with Gasteiger partial charge in [0.15, 0.2) is 0 Å². The van der Waals surface area contributed by atoms with E-state index in [0.29, 0.717) is 5.75 Å². The first-order valence-corrected chi connectivity index (χ1v) is 10.3. The van der Waals surface area contributed by atoms with Gasteiger partial charge in [0.25, 0.3) is 0 Å². The van der Waals surface area contributed by atoms with Gasteiger partial charge in [-0.2, -0.15) is 0 Å². The van der Waals surface area contributed by atoms with Crippen LogP contribution in [0.5, 0.6) is 5.75 Å². The lowest BCUT2D eigenvalue weighted by Crippen LogP contribution is -1.85. The van der Waals surface area contributed by atoms with Crippen LogP contribution in [0.4, 0.5) is 0 Å². The number of benzene rings is 1. The Hall–Kier alpha value is -0.280. The number of hydrogen-bond acceptors (Lipinski definition) is 3. The molecule has 120 valence electrons. The molecule has 0 atom stereocenters. The van der Waals surface area contributed by atoms with E-state index in [-0.39, 0.29) is 0 Å². The fraction of sp³-hybridized carbons (Fsp3) is 0.667. The predicted molar refractivity (Wildman–Crippen MR) is 97.8 cm³/mol. The zero-order valence-corrected chi connectivity index (χ0v) is 15.2. The van der Waals surface area contributed by atoms with Crippen LogP contribution >= 0.6 is 23.5 Å². The third-order valence-electron chi connectivity index (χ3n) is 3.47. The molecule has 1 rings (SSSR count). The second-order valence-corrected chi connectivity index (χ2v) is 7.69. The van der Waals surface area contributed by atoms with E-state index in [4.69, 9.17) is 0 Å². The second-order valence-electron chi connectivity index (χ2n) is 5.42. The number of hydrogen-bond donors (Lipinski definition) is 1. The van der Waals surface area contributed by atoms with Gasteiger partial charge >= 0.3 is 0 Å². The Bertz CT molecular complexity index is 347. The lowest BCUT2D eigenvalue weighted by atomic mass is 10.2. The summed E-state index contributed by atoms with van der Waals surface area (Å²) in [6.45, 7) is 4.47. The summed E-state index contributed by atoms with van der Waals surface area (Å²) in [6, 6.07) is 6.16. The first-order chi connectivity index (χ1) is 10.3. The molecule has 1 aromatic carbocycles. The van der Waals surface area contributed by atoms with Crippen LogP contribution in [0.2, 0.25) is 0 Å². The molecule has 3 heteroatoms. The molecule has 0 saturated carbocycles.